The van der Waals surface area contributed by atoms with E-state index < -0.39 is 0 Å². The number of hydrogen-bond donors (Lipinski definition) is 0. The first-order valence-electron chi connectivity index (χ1n) is 10.3. The molecule has 3 aliphatic rings. The first-order chi connectivity index (χ1) is 14.7. The smallest absolute Gasteiger partial charge is 0.254 e. The molecule has 0 unspecified atom stereocenters. The summed E-state index contributed by atoms with van der Waals surface area (Å²) in [7, 11) is 0. The average molecular weight is 408 g/mol. The number of pyridine rings is 1. The number of rotatable bonds is 4. The molecule has 5 rings (SSSR count). The van der Waals surface area contributed by atoms with E-state index in [0.29, 0.717) is 30.2 Å². The number of fused-ring (bicyclic) bond motifs is 1. The molecule has 2 aromatic rings. The second-order valence-corrected chi connectivity index (χ2v) is 7.93. The van der Waals surface area contributed by atoms with Crippen LogP contribution in [-0.4, -0.2) is 77.6 Å². The number of aromatic nitrogens is 1. The number of benzene rings is 1. The van der Waals surface area contributed by atoms with Gasteiger partial charge in [-0.25, -0.2) is 0 Å². The van der Waals surface area contributed by atoms with Crippen LogP contribution in [-0.2, 0) is 11.3 Å². The highest BCUT2D eigenvalue weighted by Gasteiger charge is 2.39. The highest BCUT2D eigenvalue weighted by molar-refractivity contribution is 5.96. The van der Waals surface area contributed by atoms with E-state index in [0.717, 1.165) is 32.7 Å². The van der Waals surface area contributed by atoms with Crippen LogP contribution in [0.4, 0.5) is 0 Å². The molecule has 1 aromatic carbocycles. The van der Waals surface area contributed by atoms with Crippen molar-refractivity contribution < 1.29 is 19.1 Å². The third-order valence-electron chi connectivity index (χ3n) is 5.98. The SMILES string of the molecule is O=C(c1ccc2c(c1)OCO2)N1CC(C(=O)N2CCN(Cc3ccncc3)CC2)C1. The van der Waals surface area contributed by atoms with Gasteiger partial charge in [0.05, 0.1) is 5.92 Å². The van der Waals surface area contributed by atoms with E-state index in [1.54, 1.807) is 23.1 Å². The Kier molecular flexibility index (Phi) is 5.00. The van der Waals surface area contributed by atoms with E-state index in [4.69, 9.17) is 9.47 Å². The van der Waals surface area contributed by atoms with Gasteiger partial charge in [0.25, 0.3) is 5.91 Å². The lowest BCUT2D eigenvalue weighted by Crippen LogP contribution is -2.59. The molecule has 156 valence electrons. The van der Waals surface area contributed by atoms with Gasteiger partial charge in [0.1, 0.15) is 0 Å². The van der Waals surface area contributed by atoms with Crippen molar-refractivity contribution in [1.82, 2.24) is 19.7 Å². The number of amides is 2. The third-order valence-corrected chi connectivity index (χ3v) is 5.98. The van der Waals surface area contributed by atoms with Crippen molar-refractivity contribution >= 4 is 11.8 Å². The lowest BCUT2D eigenvalue weighted by atomic mass is 9.96. The van der Waals surface area contributed by atoms with E-state index in [1.807, 2.05) is 29.4 Å². The van der Waals surface area contributed by atoms with Gasteiger partial charge in [0, 0.05) is 63.8 Å². The maximum atomic E-state index is 12.8. The first kappa shape index (κ1) is 18.9. The number of nitrogens with zero attached hydrogens (tertiary/aromatic N) is 4. The first-order valence-corrected chi connectivity index (χ1v) is 10.3. The minimum Gasteiger partial charge on any atom is -0.454 e. The third kappa shape index (κ3) is 3.70. The predicted octanol–water partition coefficient (Wildman–Crippen LogP) is 1.23. The standard InChI is InChI=1S/C22H24N4O4/c27-21(17-1-2-19-20(11-17)30-15-29-19)26-13-18(14-26)22(28)25-9-7-24(8-10-25)12-16-3-5-23-6-4-16/h1-6,11,18H,7-10,12-15H2. The summed E-state index contributed by atoms with van der Waals surface area (Å²) in [6.07, 6.45) is 3.62. The fourth-order valence-electron chi connectivity index (χ4n) is 4.14. The topological polar surface area (TPSA) is 75.2 Å². The lowest BCUT2D eigenvalue weighted by molar-refractivity contribution is -0.141. The van der Waals surface area contributed by atoms with Crippen molar-refractivity contribution in [2.75, 3.05) is 46.1 Å². The van der Waals surface area contributed by atoms with Gasteiger partial charge in [-0.2, -0.15) is 0 Å². The summed E-state index contributed by atoms with van der Waals surface area (Å²) < 4.78 is 10.6. The summed E-state index contributed by atoms with van der Waals surface area (Å²) in [6, 6.07) is 9.26. The van der Waals surface area contributed by atoms with Crippen molar-refractivity contribution in [3.8, 4) is 11.5 Å². The number of ether oxygens (including phenoxy) is 2. The molecule has 2 fully saturated rings. The maximum absolute atomic E-state index is 12.8. The minimum absolute atomic E-state index is 0.0699. The van der Waals surface area contributed by atoms with Crippen LogP contribution < -0.4 is 9.47 Å². The average Bonchev–Trinajstić information content (AvgIpc) is 3.21. The quantitative estimate of drug-likeness (QED) is 0.758. The number of carbonyl (C=O) groups is 2. The lowest BCUT2D eigenvalue weighted by Gasteiger charge is -2.42. The molecule has 0 aliphatic carbocycles. The molecule has 0 N–H and O–H groups in total. The predicted molar refractivity (Wildman–Crippen MR) is 108 cm³/mol. The van der Waals surface area contributed by atoms with Crippen molar-refractivity contribution in [2.45, 2.75) is 6.54 Å². The number of likely N-dealkylation sites (tertiary alicyclic amines) is 1. The van der Waals surface area contributed by atoms with Crippen LogP contribution >= 0.6 is 0 Å². The molecule has 2 saturated heterocycles. The van der Waals surface area contributed by atoms with Crippen molar-refractivity contribution in [3.05, 3.63) is 53.9 Å². The summed E-state index contributed by atoms with van der Waals surface area (Å²) in [5, 5.41) is 0. The highest BCUT2D eigenvalue weighted by Crippen LogP contribution is 2.33. The van der Waals surface area contributed by atoms with Crippen molar-refractivity contribution in [1.29, 1.82) is 0 Å². The zero-order valence-electron chi connectivity index (χ0n) is 16.7. The van der Waals surface area contributed by atoms with Crippen LogP contribution in [0.5, 0.6) is 11.5 Å². The van der Waals surface area contributed by atoms with Gasteiger partial charge >= 0.3 is 0 Å². The molecule has 8 nitrogen and oxygen atoms in total. The molecule has 0 spiro atoms. The van der Waals surface area contributed by atoms with Gasteiger partial charge in [-0.15, -0.1) is 0 Å². The van der Waals surface area contributed by atoms with E-state index in [1.165, 1.54) is 5.56 Å². The molecular weight excluding hydrogens is 384 g/mol. The van der Waals surface area contributed by atoms with E-state index in [9.17, 15) is 9.59 Å². The van der Waals surface area contributed by atoms with Gasteiger partial charge in [-0.05, 0) is 35.9 Å². The molecule has 3 aliphatic heterocycles. The Bertz CT molecular complexity index is 937. The molecule has 8 heteroatoms. The van der Waals surface area contributed by atoms with Crippen molar-refractivity contribution in [2.24, 2.45) is 5.92 Å². The number of hydrogen-bond acceptors (Lipinski definition) is 6. The zero-order valence-corrected chi connectivity index (χ0v) is 16.7. The van der Waals surface area contributed by atoms with E-state index in [-0.39, 0.29) is 24.5 Å². The molecule has 1 aromatic heterocycles. The van der Waals surface area contributed by atoms with Gasteiger partial charge in [0.2, 0.25) is 12.7 Å². The summed E-state index contributed by atoms with van der Waals surface area (Å²) in [5.74, 6) is 1.24. The zero-order chi connectivity index (χ0) is 20.5. The van der Waals surface area contributed by atoms with E-state index >= 15 is 0 Å². The Morgan fingerprint density at radius 1 is 0.933 bits per heavy atom. The second-order valence-electron chi connectivity index (χ2n) is 7.93. The Labute approximate surface area is 175 Å². The van der Waals surface area contributed by atoms with Gasteiger partial charge < -0.3 is 19.3 Å². The van der Waals surface area contributed by atoms with Crippen LogP contribution in [0.2, 0.25) is 0 Å². The summed E-state index contributed by atoms with van der Waals surface area (Å²) in [5.41, 5.74) is 1.80. The fraction of sp³-hybridized carbons (Fsp3) is 0.409. The van der Waals surface area contributed by atoms with E-state index in [2.05, 4.69) is 9.88 Å². The molecule has 0 saturated carbocycles. The Morgan fingerprint density at radius 2 is 1.67 bits per heavy atom. The summed E-state index contributed by atoms with van der Waals surface area (Å²) in [6.45, 7) is 5.20. The number of piperazine rings is 1. The van der Waals surface area contributed by atoms with Crippen LogP contribution in [0, 0.1) is 5.92 Å². The number of carbonyl (C=O) groups excluding carboxylic acids is 2. The molecule has 0 atom stereocenters. The summed E-state index contributed by atoms with van der Waals surface area (Å²) in [4.78, 5) is 35.6. The Hall–Kier alpha value is -3.13. The van der Waals surface area contributed by atoms with Gasteiger partial charge in [-0.3, -0.25) is 19.5 Å². The molecule has 30 heavy (non-hydrogen) atoms. The molecule has 0 bridgehead atoms. The highest BCUT2D eigenvalue weighted by atomic mass is 16.7. The normalized spacial score (nSPS) is 18.9. The van der Waals surface area contributed by atoms with Crippen LogP contribution in [0.1, 0.15) is 15.9 Å². The largest absolute Gasteiger partial charge is 0.454 e. The molecule has 0 radical (unpaired) electrons. The fourth-order valence-corrected chi connectivity index (χ4v) is 4.14. The second kappa shape index (κ2) is 7.95. The molecule has 2 amide bonds. The summed E-state index contributed by atoms with van der Waals surface area (Å²) >= 11 is 0. The Balaban J connectivity index is 1.10. The maximum Gasteiger partial charge on any atom is 0.254 e. The van der Waals surface area contributed by atoms with Crippen LogP contribution in [0.25, 0.3) is 0 Å². The van der Waals surface area contributed by atoms with Crippen LogP contribution in [0.3, 0.4) is 0 Å². The monoisotopic (exact) mass is 408 g/mol. The van der Waals surface area contributed by atoms with Gasteiger partial charge in [0.15, 0.2) is 11.5 Å². The van der Waals surface area contributed by atoms with Gasteiger partial charge in [-0.1, -0.05) is 0 Å². The minimum atomic E-state index is -0.102. The molecular formula is C22H24N4O4. The van der Waals surface area contributed by atoms with Crippen molar-refractivity contribution in [3.63, 3.8) is 0 Å². The van der Waals surface area contributed by atoms with Crippen LogP contribution in [0.15, 0.2) is 42.7 Å². The molecule has 4 heterocycles. The Morgan fingerprint density at radius 3 is 2.43 bits per heavy atom.